The molecule has 7 nitrogen and oxygen atoms in total. The van der Waals surface area contributed by atoms with Gasteiger partial charge in [0.2, 0.25) is 17.8 Å². The Kier molecular flexibility index (Phi) is 8.13. The van der Waals surface area contributed by atoms with Crippen LogP contribution >= 0.6 is 0 Å². The summed E-state index contributed by atoms with van der Waals surface area (Å²) < 4.78 is 56.8. The van der Waals surface area contributed by atoms with Gasteiger partial charge < -0.3 is 10.2 Å². The van der Waals surface area contributed by atoms with Crippen LogP contribution in [0.5, 0.6) is 0 Å². The number of alkyl halides is 3. The second kappa shape index (κ2) is 11.3. The number of halogens is 4. The van der Waals surface area contributed by atoms with Crippen LogP contribution in [0.15, 0.2) is 48.5 Å². The summed E-state index contributed by atoms with van der Waals surface area (Å²) in [5.41, 5.74) is 1.16. The monoisotopic (exact) mass is 531 g/mol. The lowest BCUT2D eigenvalue weighted by Gasteiger charge is -2.27. The topological polar surface area (TPSA) is 80.1 Å². The molecule has 3 heterocycles. The molecule has 1 N–H and O–H groups in total. The van der Waals surface area contributed by atoms with Crippen LogP contribution in [0.2, 0.25) is 0 Å². The average Bonchev–Trinajstić information content (AvgIpc) is 3.45. The minimum atomic E-state index is -2.85. The van der Waals surface area contributed by atoms with Gasteiger partial charge in [-0.05, 0) is 30.5 Å². The number of nitrogens with one attached hydrogen (secondary N) is 1. The molecule has 2 amide bonds. The van der Waals surface area contributed by atoms with Crippen molar-refractivity contribution in [2.24, 2.45) is 0 Å². The molecule has 3 aromatic rings. The van der Waals surface area contributed by atoms with E-state index in [-0.39, 0.29) is 24.6 Å². The Balaban J connectivity index is 1.58. The van der Waals surface area contributed by atoms with Crippen molar-refractivity contribution in [1.82, 2.24) is 25.0 Å². The lowest BCUT2D eigenvalue weighted by atomic mass is 9.99. The number of aryl methyl sites for hydroxylation is 1. The standard InChI is InChI=1S/C27H29F4N5O2/c1-15(2)19-9-10-20(32-26(19)31)24(17-7-5-4-6-8-17)33-27(38)22-12-18(28)13-35(22)23(37)14-36-21(25(29)30)11-16(3)34-36/h4-11,15,18,22,24-25H,12-14H2,1-3H3,(H,33,38)/t18-,22+,24+/m1/s1. The quantitative estimate of drug-likeness (QED) is 0.340. The molecule has 1 aromatic carbocycles. The largest absolute Gasteiger partial charge is 0.342 e. The third kappa shape index (κ3) is 5.87. The Morgan fingerprint density at radius 2 is 1.84 bits per heavy atom. The zero-order valence-electron chi connectivity index (χ0n) is 21.2. The van der Waals surface area contributed by atoms with Gasteiger partial charge in [-0.25, -0.2) is 18.2 Å². The van der Waals surface area contributed by atoms with Crippen LogP contribution in [0.3, 0.4) is 0 Å². The van der Waals surface area contributed by atoms with E-state index in [4.69, 9.17) is 0 Å². The molecule has 1 fully saturated rings. The van der Waals surface area contributed by atoms with Gasteiger partial charge >= 0.3 is 0 Å². The average molecular weight is 532 g/mol. The summed E-state index contributed by atoms with van der Waals surface area (Å²) in [6, 6.07) is 11.1. The van der Waals surface area contributed by atoms with Crippen LogP contribution in [0.4, 0.5) is 17.6 Å². The number of nitrogens with zero attached hydrogens (tertiary/aromatic N) is 4. The minimum Gasteiger partial charge on any atom is -0.342 e. The summed E-state index contributed by atoms with van der Waals surface area (Å²) in [5.74, 6) is -2.12. The predicted octanol–water partition coefficient (Wildman–Crippen LogP) is 4.63. The smallest absolute Gasteiger partial charge is 0.280 e. The van der Waals surface area contributed by atoms with E-state index in [0.717, 1.165) is 9.58 Å². The number of benzene rings is 1. The third-order valence-corrected chi connectivity index (χ3v) is 6.55. The Morgan fingerprint density at radius 1 is 1.13 bits per heavy atom. The Hall–Kier alpha value is -3.76. The molecule has 1 aliphatic rings. The van der Waals surface area contributed by atoms with Crippen LogP contribution in [0, 0.1) is 12.9 Å². The molecule has 202 valence electrons. The van der Waals surface area contributed by atoms with E-state index < -0.39 is 54.7 Å². The minimum absolute atomic E-state index is 0.0926. The highest BCUT2D eigenvalue weighted by Crippen LogP contribution is 2.27. The first kappa shape index (κ1) is 27.3. The van der Waals surface area contributed by atoms with Gasteiger partial charge in [0.25, 0.3) is 6.43 Å². The van der Waals surface area contributed by atoms with Gasteiger partial charge in [-0.1, -0.05) is 50.2 Å². The van der Waals surface area contributed by atoms with E-state index in [2.05, 4.69) is 15.4 Å². The number of carbonyl (C=O) groups excluding carboxylic acids is 2. The van der Waals surface area contributed by atoms with Gasteiger partial charge in [0, 0.05) is 12.0 Å². The summed E-state index contributed by atoms with van der Waals surface area (Å²) in [7, 11) is 0. The molecule has 0 bridgehead atoms. The third-order valence-electron chi connectivity index (χ3n) is 6.55. The van der Waals surface area contributed by atoms with Crippen molar-refractivity contribution in [2.75, 3.05) is 6.54 Å². The van der Waals surface area contributed by atoms with Gasteiger partial charge in [-0.2, -0.15) is 9.49 Å². The lowest BCUT2D eigenvalue weighted by molar-refractivity contribution is -0.139. The molecule has 3 atom stereocenters. The van der Waals surface area contributed by atoms with Crippen LogP contribution in [0.25, 0.3) is 0 Å². The Labute approximate surface area is 217 Å². The molecule has 38 heavy (non-hydrogen) atoms. The number of amides is 2. The summed E-state index contributed by atoms with van der Waals surface area (Å²) in [6.07, 6.45) is -4.58. The summed E-state index contributed by atoms with van der Waals surface area (Å²) in [4.78, 5) is 31.6. The van der Waals surface area contributed by atoms with E-state index in [1.165, 1.54) is 13.0 Å². The van der Waals surface area contributed by atoms with E-state index in [1.54, 1.807) is 42.5 Å². The fourth-order valence-electron chi connectivity index (χ4n) is 4.66. The van der Waals surface area contributed by atoms with Crippen LogP contribution in [-0.4, -0.2) is 50.2 Å². The van der Waals surface area contributed by atoms with Gasteiger partial charge in [-0.15, -0.1) is 0 Å². The molecule has 0 aliphatic carbocycles. The number of pyridine rings is 1. The zero-order chi connectivity index (χ0) is 27.6. The van der Waals surface area contributed by atoms with Gasteiger partial charge in [0.1, 0.15) is 24.5 Å². The number of hydrogen-bond acceptors (Lipinski definition) is 4. The summed E-state index contributed by atoms with van der Waals surface area (Å²) in [5, 5.41) is 6.74. The maximum Gasteiger partial charge on any atom is 0.280 e. The van der Waals surface area contributed by atoms with Gasteiger partial charge in [0.05, 0.1) is 24.0 Å². The van der Waals surface area contributed by atoms with Crippen molar-refractivity contribution < 1.29 is 27.2 Å². The molecule has 11 heteroatoms. The van der Waals surface area contributed by atoms with E-state index >= 15 is 0 Å². The fraction of sp³-hybridized carbons (Fsp3) is 0.407. The maximum atomic E-state index is 14.7. The van der Waals surface area contributed by atoms with E-state index in [1.807, 2.05) is 13.8 Å². The van der Waals surface area contributed by atoms with Gasteiger partial charge in [0.15, 0.2) is 0 Å². The molecule has 0 unspecified atom stereocenters. The van der Waals surface area contributed by atoms with Gasteiger partial charge in [-0.3, -0.25) is 14.3 Å². The molecule has 0 saturated carbocycles. The van der Waals surface area contributed by atoms with E-state index in [0.29, 0.717) is 16.8 Å². The van der Waals surface area contributed by atoms with E-state index in [9.17, 15) is 27.2 Å². The SMILES string of the molecule is Cc1cc(C(F)F)n(CC(=O)N2C[C@H](F)C[C@H]2C(=O)N[C@@H](c2ccccc2)c2ccc(C(C)C)c(F)n2)n1. The molecular formula is C27H29F4N5O2. The zero-order valence-corrected chi connectivity index (χ0v) is 21.2. The predicted molar refractivity (Wildman–Crippen MR) is 132 cm³/mol. The van der Waals surface area contributed by atoms with Crippen LogP contribution in [-0.2, 0) is 16.1 Å². The van der Waals surface area contributed by atoms with Crippen molar-refractivity contribution in [3.8, 4) is 0 Å². The highest BCUT2D eigenvalue weighted by atomic mass is 19.3. The highest BCUT2D eigenvalue weighted by Gasteiger charge is 2.41. The number of aromatic nitrogens is 3. The Morgan fingerprint density at radius 3 is 2.47 bits per heavy atom. The number of hydrogen-bond donors (Lipinski definition) is 1. The Bertz CT molecular complexity index is 1300. The van der Waals surface area contributed by atoms with Crippen LogP contribution in [0.1, 0.15) is 66.9 Å². The van der Waals surface area contributed by atoms with Crippen molar-refractivity contribution in [3.05, 3.63) is 82.7 Å². The molecule has 4 rings (SSSR count). The second-order valence-corrected chi connectivity index (χ2v) is 9.69. The summed E-state index contributed by atoms with van der Waals surface area (Å²) in [6.45, 7) is 4.28. The van der Waals surface area contributed by atoms with Crippen molar-refractivity contribution in [2.45, 2.75) is 64.3 Å². The first-order valence-electron chi connectivity index (χ1n) is 12.3. The van der Waals surface area contributed by atoms with Crippen molar-refractivity contribution in [1.29, 1.82) is 0 Å². The number of rotatable bonds is 8. The molecule has 1 aliphatic heterocycles. The highest BCUT2D eigenvalue weighted by molar-refractivity contribution is 5.88. The van der Waals surface area contributed by atoms with Crippen molar-refractivity contribution in [3.63, 3.8) is 0 Å². The van der Waals surface area contributed by atoms with Crippen molar-refractivity contribution >= 4 is 11.8 Å². The van der Waals surface area contributed by atoms with Crippen LogP contribution < -0.4 is 5.32 Å². The molecule has 0 spiro atoms. The molecule has 1 saturated heterocycles. The molecular weight excluding hydrogens is 502 g/mol. The lowest BCUT2D eigenvalue weighted by Crippen LogP contribution is -2.48. The number of likely N-dealkylation sites (tertiary alicyclic amines) is 1. The first-order chi connectivity index (χ1) is 18.0. The normalized spacial score (nSPS) is 18.3. The number of carbonyl (C=O) groups is 2. The summed E-state index contributed by atoms with van der Waals surface area (Å²) >= 11 is 0. The maximum absolute atomic E-state index is 14.7. The molecule has 0 radical (unpaired) electrons. The molecule has 2 aromatic heterocycles. The second-order valence-electron chi connectivity index (χ2n) is 9.69. The first-order valence-corrected chi connectivity index (χ1v) is 12.3. The fourth-order valence-corrected chi connectivity index (χ4v) is 4.66.